The Morgan fingerprint density at radius 3 is 2.44 bits per heavy atom. The van der Waals surface area contributed by atoms with Gasteiger partial charge in [-0.05, 0) is 86.9 Å². The van der Waals surface area contributed by atoms with Crippen molar-refractivity contribution in [2.24, 2.45) is 41.4 Å². The molecule has 5 aliphatic rings. The van der Waals surface area contributed by atoms with E-state index in [4.69, 9.17) is 4.52 Å². The van der Waals surface area contributed by atoms with Crippen LogP contribution in [0.2, 0.25) is 0 Å². The van der Waals surface area contributed by atoms with Gasteiger partial charge in [0.25, 0.3) is 0 Å². The van der Waals surface area contributed by atoms with E-state index >= 15 is 0 Å². The zero-order chi connectivity index (χ0) is 26.8. The first kappa shape index (κ1) is 25.2. The third-order valence-electron chi connectivity index (χ3n) is 11.1. The maximum Gasteiger partial charge on any atom is 0.233 e. The van der Waals surface area contributed by atoms with Crippen LogP contribution >= 0.6 is 0 Å². The van der Waals surface area contributed by atoms with Gasteiger partial charge < -0.3 is 14.7 Å². The van der Waals surface area contributed by atoms with Crippen molar-refractivity contribution in [1.82, 2.24) is 20.3 Å². The Hall–Kier alpha value is -2.74. The summed E-state index contributed by atoms with van der Waals surface area (Å²) in [6.07, 6.45) is 6.49. The molecule has 39 heavy (non-hydrogen) atoms. The number of amides is 3. The summed E-state index contributed by atoms with van der Waals surface area (Å²) in [5, 5.41) is 8.65. The highest BCUT2D eigenvalue weighted by molar-refractivity contribution is 6.06. The Kier molecular flexibility index (Phi) is 6.29. The summed E-state index contributed by atoms with van der Waals surface area (Å²) >= 11 is 0. The molecule has 3 amide bonds. The normalized spacial score (nSPS) is 36.8. The Morgan fingerprint density at radius 2 is 1.69 bits per heavy atom. The molecule has 3 saturated carbocycles. The molecular formula is C31H40N4O4. The number of carbonyl (C=O) groups excluding carboxylic acids is 3. The molecule has 8 atom stereocenters. The van der Waals surface area contributed by atoms with Gasteiger partial charge in [-0.15, -0.1) is 0 Å². The van der Waals surface area contributed by atoms with Crippen LogP contribution in [0.3, 0.4) is 0 Å². The molecule has 2 aromatic rings. The average Bonchev–Trinajstić information content (AvgIpc) is 3.73. The Morgan fingerprint density at radius 1 is 1.00 bits per heavy atom. The fraction of sp³-hybridized carbons (Fsp3) is 0.677. The molecule has 8 heteroatoms. The number of hydrogen-bond acceptors (Lipinski definition) is 6. The molecule has 8 nitrogen and oxygen atoms in total. The number of benzene rings is 1. The highest BCUT2D eigenvalue weighted by Gasteiger charge is 2.66. The molecule has 0 radical (unpaired) electrons. The summed E-state index contributed by atoms with van der Waals surface area (Å²) in [6.45, 7) is 7.41. The number of piperidine rings is 1. The minimum atomic E-state index is -0.234. The van der Waals surface area contributed by atoms with E-state index in [9.17, 15) is 14.4 Å². The summed E-state index contributed by atoms with van der Waals surface area (Å²) in [5.74, 6) is 1.55. The average molecular weight is 533 g/mol. The number of nitrogens with zero attached hydrogens (tertiary/aromatic N) is 3. The summed E-state index contributed by atoms with van der Waals surface area (Å²) in [6, 6.07) is 8.15. The van der Waals surface area contributed by atoms with E-state index in [2.05, 4.69) is 28.4 Å². The van der Waals surface area contributed by atoms with Crippen molar-refractivity contribution in [3.8, 4) is 0 Å². The minimum Gasteiger partial charge on any atom is -0.356 e. The number of para-hydroxylation sites is 1. The number of carbonyl (C=O) groups is 3. The molecule has 2 saturated heterocycles. The Balaban J connectivity index is 0.974. The maximum absolute atomic E-state index is 13.6. The first-order valence-corrected chi connectivity index (χ1v) is 15.1. The summed E-state index contributed by atoms with van der Waals surface area (Å²) < 4.78 is 5.56. The van der Waals surface area contributed by atoms with Gasteiger partial charge in [0.15, 0.2) is 5.58 Å². The third-order valence-corrected chi connectivity index (χ3v) is 11.1. The van der Waals surface area contributed by atoms with Gasteiger partial charge in [-0.3, -0.25) is 19.3 Å². The third kappa shape index (κ3) is 4.12. The molecule has 2 aliphatic heterocycles. The topological polar surface area (TPSA) is 95.8 Å². The van der Waals surface area contributed by atoms with E-state index in [1.54, 1.807) is 11.8 Å². The van der Waals surface area contributed by atoms with Gasteiger partial charge >= 0.3 is 0 Å². The minimum absolute atomic E-state index is 0.0165. The predicted molar refractivity (Wildman–Crippen MR) is 145 cm³/mol. The Labute approximate surface area is 229 Å². The predicted octanol–water partition coefficient (Wildman–Crippen LogP) is 3.82. The number of hydrogen-bond donors (Lipinski definition) is 1. The van der Waals surface area contributed by atoms with Crippen LogP contribution in [-0.2, 0) is 14.4 Å². The van der Waals surface area contributed by atoms with Gasteiger partial charge in [-0.1, -0.05) is 30.6 Å². The monoisotopic (exact) mass is 532 g/mol. The van der Waals surface area contributed by atoms with Crippen LogP contribution in [-0.4, -0.2) is 64.9 Å². The molecule has 5 fully saturated rings. The second-order valence-corrected chi connectivity index (χ2v) is 13.1. The quantitative estimate of drug-likeness (QED) is 0.569. The molecule has 1 aromatic carbocycles. The molecule has 2 bridgehead atoms. The Bertz CT molecular complexity index is 1280. The number of rotatable bonds is 6. The van der Waals surface area contributed by atoms with Crippen LogP contribution in [0.15, 0.2) is 28.8 Å². The highest BCUT2D eigenvalue weighted by atomic mass is 16.5. The number of nitrogens with one attached hydrogen (secondary N) is 1. The van der Waals surface area contributed by atoms with Crippen molar-refractivity contribution >= 4 is 28.7 Å². The van der Waals surface area contributed by atoms with Crippen LogP contribution in [0.25, 0.3) is 11.0 Å². The molecule has 0 spiro atoms. The summed E-state index contributed by atoms with van der Waals surface area (Å²) in [7, 11) is 0. The van der Waals surface area contributed by atoms with Crippen LogP contribution in [0.4, 0.5) is 0 Å². The van der Waals surface area contributed by atoms with Crippen molar-refractivity contribution < 1.29 is 18.9 Å². The van der Waals surface area contributed by atoms with Gasteiger partial charge in [-0.25, -0.2) is 0 Å². The number of aromatic nitrogens is 1. The zero-order valence-corrected chi connectivity index (χ0v) is 23.1. The van der Waals surface area contributed by atoms with Gasteiger partial charge in [0.1, 0.15) is 0 Å². The smallest absolute Gasteiger partial charge is 0.233 e. The molecular weight excluding hydrogens is 492 g/mol. The van der Waals surface area contributed by atoms with E-state index in [0.717, 1.165) is 62.0 Å². The van der Waals surface area contributed by atoms with E-state index < -0.39 is 0 Å². The molecule has 3 aliphatic carbocycles. The van der Waals surface area contributed by atoms with E-state index in [1.807, 2.05) is 18.2 Å². The molecule has 6 unspecified atom stereocenters. The van der Waals surface area contributed by atoms with Crippen molar-refractivity contribution in [3.63, 3.8) is 0 Å². The standard InChI is InChI=1S/C31H40N4O4/c1-17-23-14-24(28(17)32-18(2)36)27-26(23)30(37)35(31(27)38)16-21-7-5-6-20(21)15-34-12-10-19(11-13-34)29-22-8-3-4-9-25(22)39-33-29/h3-4,8-9,17,19-21,23-24,26-28H,5-7,10-16H2,1-2H3,(H,32,36)/t17?,20-,21-,23?,24?,26?,27?,28?/m1/s1. The molecule has 1 aromatic heterocycles. The highest BCUT2D eigenvalue weighted by Crippen LogP contribution is 2.58. The fourth-order valence-electron chi connectivity index (χ4n) is 9.25. The van der Waals surface area contributed by atoms with Crippen molar-refractivity contribution in [2.75, 3.05) is 26.2 Å². The number of fused-ring (bicyclic) bond motifs is 6. The van der Waals surface area contributed by atoms with Crippen LogP contribution in [0.1, 0.15) is 64.0 Å². The van der Waals surface area contributed by atoms with Crippen LogP contribution in [0.5, 0.6) is 0 Å². The summed E-state index contributed by atoms with van der Waals surface area (Å²) in [5.41, 5.74) is 1.97. The number of imide groups is 1. The van der Waals surface area contributed by atoms with E-state index in [-0.39, 0.29) is 53.4 Å². The van der Waals surface area contributed by atoms with E-state index in [1.165, 1.54) is 12.8 Å². The lowest BCUT2D eigenvalue weighted by molar-refractivity contribution is -0.142. The van der Waals surface area contributed by atoms with Gasteiger partial charge in [0, 0.05) is 37.4 Å². The maximum atomic E-state index is 13.6. The lowest BCUT2D eigenvalue weighted by Crippen LogP contribution is -2.48. The van der Waals surface area contributed by atoms with Gasteiger partial charge in [0.2, 0.25) is 17.7 Å². The van der Waals surface area contributed by atoms with Crippen LogP contribution < -0.4 is 5.32 Å². The van der Waals surface area contributed by atoms with Crippen molar-refractivity contribution in [3.05, 3.63) is 30.0 Å². The SMILES string of the molecule is CC(=O)NC1C(C)C2CC1C1C(=O)N(C[C@H]3CCC[C@@H]3CN3CCC(c4noc5ccccc45)CC3)C(=O)C21. The lowest BCUT2D eigenvalue weighted by atomic mass is 9.73. The first-order valence-electron chi connectivity index (χ1n) is 15.1. The van der Waals surface area contributed by atoms with E-state index in [0.29, 0.717) is 24.3 Å². The zero-order valence-electron chi connectivity index (χ0n) is 23.1. The van der Waals surface area contributed by atoms with Gasteiger partial charge in [0.05, 0.1) is 17.5 Å². The second kappa shape index (κ2) is 9.72. The second-order valence-electron chi connectivity index (χ2n) is 13.1. The molecule has 208 valence electrons. The fourth-order valence-corrected chi connectivity index (χ4v) is 9.25. The van der Waals surface area contributed by atoms with Crippen LogP contribution in [0, 0.1) is 41.4 Å². The first-order chi connectivity index (χ1) is 18.9. The lowest BCUT2D eigenvalue weighted by Gasteiger charge is -2.35. The largest absolute Gasteiger partial charge is 0.356 e. The molecule has 3 heterocycles. The van der Waals surface area contributed by atoms with Crippen molar-refractivity contribution in [1.29, 1.82) is 0 Å². The van der Waals surface area contributed by atoms with Crippen molar-refractivity contribution in [2.45, 2.75) is 64.3 Å². The number of likely N-dealkylation sites (tertiary alicyclic amines) is 2. The molecule has 7 rings (SSSR count). The summed E-state index contributed by atoms with van der Waals surface area (Å²) in [4.78, 5) is 43.2. The van der Waals surface area contributed by atoms with Gasteiger partial charge in [-0.2, -0.15) is 0 Å². The molecule has 1 N–H and O–H groups in total.